The molecule has 0 spiro atoms. The van der Waals surface area contributed by atoms with Gasteiger partial charge in [-0.25, -0.2) is 4.39 Å². The van der Waals surface area contributed by atoms with E-state index in [-0.39, 0.29) is 18.3 Å². The number of amides is 1. The maximum absolute atomic E-state index is 13.2. The average Bonchev–Trinajstić information content (AvgIpc) is 2.65. The number of halogens is 1. The number of hydrogen-bond donors (Lipinski definition) is 1. The summed E-state index contributed by atoms with van der Waals surface area (Å²) in [6, 6.07) is 4.64. The third kappa shape index (κ3) is 1.85. The molecule has 0 aliphatic carbocycles. The lowest BCUT2D eigenvalue weighted by atomic mass is 10.2. The van der Waals surface area contributed by atoms with Gasteiger partial charge in [0.15, 0.2) is 0 Å². The molecule has 1 aromatic carbocycles. The predicted molar refractivity (Wildman–Crippen MR) is 55.9 cm³/mol. The highest BCUT2D eigenvalue weighted by Gasteiger charge is 2.22. The van der Waals surface area contributed by atoms with Crippen molar-refractivity contribution in [1.29, 1.82) is 0 Å². The Bertz CT molecular complexity index is 392. The second-order valence-corrected chi connectivity index (χ2v) is 3.63. The van der Waals surface area contributed by atoms with Crippen LogP contribution in [0.15, 0.2) is 18.2 Å². The van der Waals surface area contributed by atoms with Crippen LogP contribution in [0.5, 0.6) is 0 Å². The van der Waals surface area contributed by atoms with Gasteiger partial charge in [0.25, 0.3) is 0 Å². The Kier molecular flexibility index (Phi) is 2.68. The Hall–Kier alpha value is -1.42. The summed E-state index contributed by atoms with van der Waals surface area (Å²) in [5.74, 6) is -0.211. The maximum Gasteiger partial charge on any atom is 0.227 e. The van der Waals surface area contributed by atoms with Crippen LogP contribution in [-0.4, -0.2) is 12.5 Å². The Morgan fingerprint density at radius 1 is 1.47 bits per heavy atom. The van der Waals surface area contributed by atoms with E-state index in [1.54, 1.807) is 17.0 Å². The Morgan fingerprint density at radius 3 is 2.87 bits per heavy atom. The van der Waals surface area contributed by atoms with Crippen LogP contribution in [0.3, 0.4) is 0 Å². The Balaban J connectivity index is 2.32. The number of benzene rings is 1. The zero-order valence-electron chi connectivity index (χ0n) is 8.37. The monoisotopic (exact) mass is 208 g/mol. The van der Waals surface area contributed by atoms with E-state index >= 15 is 0 Å². The number of carbonyl (C=O) groups is 1. The van der Waals surface area contributed by atoms with Gasteiger partial charge in [-0.15, -0.1) is 0 Å². The third-order valence-corrected chi connectivity index (χ3v) is 2.63. The molecule has 4 heteroatoms. The smallest absolute Gasteiger partial charge is 0.227 e. The summed E-state index contributed by atoms with van der Waals surface area (Å²) in [5.41, 5.74) is 6.61. The van der Waals surface area contributed by atoms with Gasteiger partial charge in [-0.2, -0.15) is 0 Å². The number of rotatable bonds is 2. The fourth-order valence-electron chi connectivity index (χ4n) is 1.81. The number of carbonyl (C=O) groups excluding carboxylic acids is 1. The van der Waals surface area contributed by atoms with E-state index < -0.39 is 0 Å². The van der Waals surface area contributed by atoms with Crippen LogP contribution in [0.2, 0.25) is 0 Å². The van der Waals surface area contributed by atoms with E-state index in [4.69, 9.17) is 5.73 Å². The van der Waals surface area contributed by atoms with E-state index in [1.165, 1.54) is 6.07 Å². The molecule has 2 N–H and O–H groups in total. The quantitative estimate of drug-likeness (QED) is 0.798. The lowest BCUT2D eigenvalue weighted by Crippen LogP contribution is -2.23. The summed E-state index contributed by atoms with van der Waals surface area (Å²) in [6.45, 7) is 0.871. The summed E-state index contributed by atoms with van der Waals surface area (Å²) < 4.78 is 13.2. The van der Waals surface area contributed by atoms with Crippen LogP contribution >= 0.6 is 0 Å². The van der Waals surface area contributed by atoms with Crippen molar-refractivity contribution in [3.8, 4) is 0 Å². The predicted octanol–water partition coefficient (Wildman–Crippen LogP) is 1.41. The van der Waals surface area contributed by atoms with Gasteiger partial charge in [0.05, 0.1) is 0 Å². The van der Waals surface area contributed by atoms with Gasteiger partial charge >= 0.3 is 0 Å². The third-order valence-electron chi connectivity index (χ3n) is 2.63. The minimum absolute atomic E-state index is 0.101. The highest BCUT2D eigenvalue weighted by Crippen LogP contribution is 2.23. The van der Waals surface area contributed by atoms with Crippen molar-refractivity contribution < 1.29 is 9.18 Å². The number of nitrogens with zero attached hydrogens (tertiary/aromatic N) is 1. The van der Waals surface area contributed by atoms with E-state index in [9.17, 15) is 9.18 Å². The molecule has 3 nitrogen and oxygen atoms in total. The Morgan fingerprint density at radius 2 is 2.27 bits per heavy atom. The van der Waals surface area contributed by atoms with Gasteiger partial charge in [0, 0.05) is 30.8 Å². The second-order valence-electron chi connectivity index (χ2n) is 3.63. The van der Waals surface area contributed by atoms with E-state index in [1.807, 2.05) is 0 Å². The lowest BCUT2D eigenvalue weighted by Gasteiger charge is -2.16. The van der Waals surface area contributed by atoms with Crippen molar-refractivity contribution in [2.45, 2.75) is 19.4 Å². The molecule has 0 radical (unpaired) electrons. The van der Waals surface area contributed by atoms with Gasteiger partial charge in [0.1, 0.15) is 5.82 Å². The number of nitrogens with two attached hydrogens (primary N) is 1. The van der Waals surface area contributed by atoms with Crippen molar-refractivity contribution >= 4 is 11.6 Å². The summed E-state index contributed by atoms with van der Waals surface area (Å²) in [4.78, 5) is 13.1. The molecule has 1 amide bonds. The van der Waals surface area contributed by atoms with Crippen LogP contribution in [0, 0.1) is 5.82 Å². The molecule has 1 aliphatic heterocycles. The lowest BCUT2D eigenvalue weighted by molar-refractivity contribution is -0.117. The molecular formula is C11H13FN2O. The Labute approximate surface area is 87.7 Å². The first-order chi connectivity index (χ1) is 7.22. The first kappa shape index (κ1) is 10.1. The van der Waals surface area contributed by atoms with Crippen molar-refractivity contribution in [2.75, 3.05) is 11.4 Å². The SMILES string of the molecule is NCc1cc(N2CCCC2=O)ccc1F. The molecule has 0 bridgehead atoms. The molecule has 0 unspecified atom stereocenters. The topological polar surface area (TPSA) is 46.3 Å². The molecule has 0 aromatic heterocycles. The summed E-state index contributed by atoms with van der Waals surface area (Å²) in [7, 11) is 0. The molecule has 15 heavy (non-hydrogen) atoms. The van der Waals surface area contributed by atoms with E-state index in [0.717, 1.165) is 12.1 Å². The van der Waals surface area contributed by atoms with Gasteiger partial charge in [0.2, 0.25) is 5.91 Å². The highest BCUT2D eigenvalue weighted by atomic mass is 19.1. The zero-order valence-corrected chi connectivity index (χ0v) is 8.37. The summed E-state index contributed by atoms with van der Waals surface area (Å²) in [6.07, 6.45) is 1.45. The van der Waals surface area contributed by atoms with Crippen LogP contribution in [0.1, 0.15) is 18.4 Å². The highest BCUT2D eigenvalue weighted by molar-refractivity contribution is 5.95. The minimum atomic E-state index is -0.312. The summed E-state index contributed by atoms with van der Waals surface area (Å²) >= 11 is 0. The molecule has 0 saturated carbocycles. The standard InChI is InChI=1S/C11H13FN2O/c12-10-4-3-9(6-8(10)7-13)14-5-1-2-11(14)15/h3-4,6H,1-2,5,7,13H2. The largest absolute Gasteiger partial charge is 0.326 e. The first-order valence-electron chi connectivity index (χ1n) is 5.01. The number of hydrogen-bond acceptors (Lipinski definition) is 2. The van der Waals surface area contributed by atoms with Crippen molar-refractivity contribution in [1.82, 2.24) is 0 Å². The molecular weight excluding hydrogens is 195 g/mol. The van der Waals surface area contributed by atoms with Gasteiger partial charge in [-0.05, 0) is 24.6 Å². The van der Waals surface area contributed by atoms with Gasteiger partial charge in [-0.3, -0.25) is 4.79 Å². The number of anilines is 1. The van der Waals surface area contributed by atoms with Gasteiger partial charge < -0.3 is 10.6 Å². The molecule has 1 aromatic rings. The normalized spacial score (nSPS) is 16.1. The van der Waals surface area contributed by atoms with Crippen LogP contribution in [0.25, 0.3) is 0 Å². The fourth-order valence-corrected chi connectivity index (χ4v) is 1.81. The van der Waals surface area contributed by atoms with E-state index in [2.05, 4.69) is 0 Å². The van der Waals surface area contributed by atoms with Crippen LogP contribution < -0.4 is 10.6 Å². The molecule has 80 valence electrons. The van der Waals surface area contributed by atoms with Crippen molar-refractivity contribution in [3.05, 3.63) is 29.6 Å². The maximum atomic E-state index is 13.2. The molecule has 1 heterocycles. The second kappa shape index (κ2) is 3.98. The first-order valence-corrected chi connectivity index (χ1v) is 5.01. The summed E-state index contributed by atoms with van der Waals surface area (Å²) in [5, 5.41) is 0. The molecule has 1 saturated heterocycles. The molecule has 1 fully saturated rings. The molecule has 1 aliphatic rings. The van der Waals surface area contributed by atoms with Crippen molar-refractivity contribution in [3.63, 3.8) is 0 Å². The van der Waals surface area contributed by atoms with Crippen LogP contribution in [-0.2, 0) is 11.3 Å². The fraction of sp³-hybridized carbons (Fsp3) is 0.364. The van der Waals surface area contributed by atoms with E-state index in [0.29, 0.717) is 18.5 Å². The van der Waals surface area contributed by atoms with Gasteiger partial charge in [-0.1, -0.05) is 0 Å². The zero-order chi connectivity index (χ0) is 10.8. The van der Waals surface area contributed by atoms with Crippen LogP contribution in [0.4, 0.5) is 10.1 Å². The average molecular weight is 208 g/mol. The molecule has 0 atom stereocenters. The molecule has 2 rings (SSSR count). The minimum Gasteiger partial charge on any atom is -0.326 e. The van der Waals surface area contributed by atoms with Crippen molar-refractivity contribution in [2.24, 2.45) is 5.73 Å².